The van der Waals surface area contributed by atoms with E-state index in [1.807, 2.05) is 73.0 Å². The summed E-state index contributed by atoms with van der Waals surface area (Å²) in [6.45, 7) is 3.07. The number of nitrogens with zero attached hydrogens (tertiary/aromatic N) is 2. The molecule has 0 saturated carbocycles. The first-order chi connectivity index (χ1) is 15.5. The van der Waals surface area contributed by atoms with E-state index in [0.717, 1.165) is 16.7 Å². The molecule has 1 N–H and O–H groups in total. The third-order valence-corrected chi connectivity index (χ3v) is 6.27. The number of amides is 1. The fourth-order valence-electron chi connectivity index (χ4n) is 3.76. The maximum absolute atomic E-state index is 13.2. The van der Waals surface area contributed by atoms with Crippen molar-refractivity contribution < 1.29 is 4.79 Å². The van der Waals surface area contributed by atoms with Gasteiger partial charge in [-0.2, -0.15) is 0 Å². The van der Waals surface area contributed by atoms with Gasteiger partial charge in [-0.3, -0.25) is 18.7 Å². The first-order valence-corrected chi connectivity index (χ1v) is 11.5. The van der Waals surface area contributed by atoms with Crippen LogP contribution < -0.4 is 16.6 Å². The highest BCUT2D eigenvalue weighted by Crippen LogP contribution is 2.17. The molecule has 1 amide bonds. The molecule has 7 heteroatoms. The van der Waals surface area contributed by atoms with Crippen molar-refractivity contribution in [2.45, 2.75) is 39.4 Å². The van der Waals surface area contributed by atoms with Gasteiger partial charge in [-0.15, -0.1) is 11.3 Å². The Balaban J connectivity index is 1.49. The van der Waals surface area contributed by atoms with Gasteiger partial charge in [-0.05, 0) is 35.9 Å². The molecular weight excluding hydrogens is 422 g/mol. The molecule has 4 rings (SSSR count). The molecule has 0 spiro atoms. The van der Waals surface area contributed by atoms with Crippen molar-refractivity contribution in [3.63, 3.8) is 0 Å². The van der Waals surface area contributed by atoms with Crippen molar-refractivity contribution in [3.05, 3.63) is 104 Å². The van der Waals surface area contributed by atoms with Crippen LogP contribution in [-0.2, 0) is 24.4 Å². The van der Waals surface area contributed by atoms with Gasteiger partial charge in [0.1, 0.15) is 4.70 Å². The van der Waals surface area contributed by atoms with E-state index in [-0.39, 0.29) is 30.1 Å². The van der Waals surface area contributed by atoms with Crippen molar-refractivity contribution in [2.75, 3.05) is 0 Å². The first kappa shape index (κ1) is 21.8. The van der Waals surface area contributed by atoms with Crippen LogP contribution in [0.25, 0.3) is 10.2 Å². The Morgan fingerprint density at radius 1 is 0.969 bits per heavy atom. The van der Waals surface area contributed by atoms with Crippen molar-refractivity contribution in [1.82, 2.24) is 14.5 Å². The van der Waals surface area contributed by atoms with Crippen LogP contribution in [0.4, 0.5) is 0 Å². The van der Waals surface area contributed by atoms with Crippen LogP contribution in [-0.4, -0.2) is 15.0 Å². The molecular formula is C25H25N3O3S. The van der Waals surface area contributed by atoms with Crippen molar-refractivity contribution in [3.8, 4) is 0 Å². The van der Waals surface area contributed by atoms with E-state index >= 15 is 0 Å². The zero-order chi connectivity index (χ0) is 22.5. The number of nitrogens with one attached hydrogen (secondary N) is 1. The smallest absolute Gasteiger partial charge is 0.331 e. The van der Waals surface area contributed by atoms with E-state index in [9.17, 15) is 14.4 Å². The van der Waals surface area contributed by atoms with Gasteiger partial charge in [-0.1, -0.05) is 60.2 Å². The summed E-state index contributed by atoms with van der Waals surface area (Å²) >= 11 is 1.34. The van der Waals surface area contributed by atoms with Crippen LogP contribution >= 0.6 is 11.3 Å². The second kappa shape index (κ2) is 9.78. The highest BCUT2D eigenvalue weighted by Gasteiger charge is 2.15. The number of fused-ring (bicyclic) bond motifs is 1. The van der Waals surface area contributed by atoms with Crippen LogP contribution in [0.3, 0.4) is 0 Å². The predicted molar refractivity (Wildman–Crippen MR) is 128 cm³/mol. The molecule has 0 radical (unpaired) electrons. The minimum absolute atomic E-state index is 0.0980. The maximum atomic E-state index is 13.2. The highest BCUT2D eigenvalue weighted by atomic mass is 32.1. The lowest BCUT2D eigenvalue weighted by atomic mass is 10.1. The van der Waals surface area contributed by atoms with E-state index in [4.69, 9.17) is 0 Å². The number of hydrogen-bond donors (Lipinski definition) is 1. The van der Waals surface area contributed by atoms with Crippen LogP contribution in [0.1, 0.15) is 29.5 Å². The second-order valence-electron chi connectivity index (χ2n) is 7.82. The lowest BCUT2D eigenvalue weighted by Crippen LogP contribution is -2.40. The molecule has 0 bridgehead atoms. The summed E-state index contributed by atoms with van der Waals surface area (Å²) in [6.07, 6.45) is 0.663. The number of thiophene rings is 1. The Morgan fingerprint density at radius 3 is 2.53 bits per heavy atom. The van der Waals surface area contributed by atoms with Gasteiger partial charge in [0.05, 0.1) is 12.1 Å². The third kappa shape index (κ3) is 4.89. The van der Waals surface area contributed by atoms with Crippen molar-refractivity contribution in [2.24, 2.45) is 0 Å². The number of aryl methyl sites for hydroxylation is 1. The van der Waals surface area contributed by atoms with Gasteiger partial charge < -0.3 is 5.32 Å². The van der Waals surface area contributed by atoms with Crippen LogP contribution in [0.2, 0.25) is 0 Å². The average Bonchev–Trinajstić information content (AvgIpc) is 3.28. The summed E-state index contributed by atoms with van der Waals surface area (Å²) in [5, 5.41) is 4.71. The maximum Gasteiger partial charge on any atom is 0.331 e. The summed E-state index contributed by atoms with van der Waals surface area (Å²) in [5.74, 6) is -0.0980. The zero-order valence-corrected chi connectivity index (χ0v) is 18.7. The molecule has 0 atom stereocenters. The van der Waals surface area contributed by atoms with Gasteiger partial charge in [0.2, 0.25) is 5.91 Å². The minimum atomic E-state index is -0.341. The van der Waals surface area contributed by atoms with Gasteiger partial charge >= 0.3 is 5.69 Å². The van der Waals surface area contributed by atoms with Crippen LogP contribution in [0.15, 0.2) is 75.6 Å². The molecule has 6 nitrogen and oxygen atoms in total. The normalized spacial score (nSPS) is 11.0. The molecule has 4 aromatic rings. The Bertz CT molecular complexity index is 1350. The lowest BCUT2D eigenvalue weighted by molar-refractivity contribution is -0.121. The largest absolute Gasteiger partial charge is 0.352 e. The zero-order valence-electron chi connectivity index (χ0n) is 17.9. The third-order valence-electron chi connectivity index (χ3n) is 5.38. The molecule has 0 fully saturated rings. The number of hydrogen-bond acceptors (Lipinski definition) is 4. The predicted octanol–water partition coefficient (Wildman–Crippen LogP) is 3.68. The Kier molecular flexibility index (Phi) is 6.66. The number of rotatable bonds is 8. The van der Waals surface area contributed by atoms with E-state index in [0.29, 0.717) is 29.7 Å². The summed E-state index contributed by atoms with van der Waals surface area (Å²) in [4.78, 5) is 38.3. The molecule has 2 aromatic heterocycles. The van der Waals surface area contributed by atoms with Gasteiger partial charge in [0, 0.05) is 19.5 Å². The summed E-state index contributed by atoms with van der Waals surface area (Å²) in [7, 11) is 0. The summed E-state index contributed by atoms with van der Waals surface area (Å²) < 4.78 is 3.47. The Labute approximate surface area is 189 Å². The number of benzene rings is 2. The topological polar surface area (TPSA) is 73.1 Å². The van der Waals surface area contributed by atoms with Crippen molar-refractivity contribution in [1.29, 1.82) is 0 Å². The van der Waals surface area contributed by atoms with Gasteiger partial charge in [0.25, 0.3) is 5.56 Å². The monoisotopic (exact) mass is 447 g/mol. The number of carbonyl (C=O) groups is 1. The molecule has 164 valence electrons. The molecule has 0 aliphatic heterocycles. The molecule has 0 aliphatic carbocycles. The van der Waals surface area contributed by atoms with Crippen LogP contribution in [0.5, 0.6) is 0 Å². The molecule has 2 aromatic carbocycles. The van der Waals surface area contributed by atoms with Crippen molar-refractivity contribution >= 4 is 27.5 Å². The van der Waals surface area contributed by atoms with E-state index in [1.54, 1.807) is 4.57 Å². The SMILES string of the molecule is Cc1cccc(Cn2c(=O)n(CCCC(=O)NCc3ccccc3)c(=O)c3sccc32)c1. The van der Waals surface area contributed by atoms with E-state index in [2.05, 4.69) is 5.32 Å². The molecule has 32 heavy (non-hydrogen) atoms. The van der Waals surface area contributed by atoms with Gasteiger partial charge in [0.15, 0.2) is 0 Å². The van der Waals surface area contributed by atoms with Gasteiger partial charge in [-0.25, -0.2) is 4.79 Å². The summed E-state index contributed by atoms with van der Waals surface area (Å²) in [6, 6.07) is 19.5. The van der Waals surface area contributed by atoms with E-state index in [1.165, 1.54) is 15.9 Å². The first-order valence-electron chi connectivity index (χ1n) is 10.6. The van der Waals surface area contributed by atoms with E-state index < -0.39 is 0 Å². The Morgan fingerprint density at radius 2 is 1.75 bits per heavy atom. The molecule has 2 heterocycles. The molecule has 0 unspecified atom stereocenters. The Hall–Kier alpha value is -3.45. The quantitative estimate of drug-likeness (QED) is 0.448. The minimum Gasteiger partial charge on any atom is -0.352 e. The number of aromatic nitrogens is 2. The van der Waals surface area contributed by atoms with Crippen LogP contribution in [0, 0.1) is 6.92 Å². The average molecular weight is 448 g/mol. The lowest BCUT2D eigenvalue weighted by Gasteiger charge is -2.13. The molecule has 0 saturated heterocycles. The standard InChI is InChI=1S/C25H25N3O3S/c1-18-7-5-10-20(15-18)17-28-21-12-14-32-23(21)24(30)27(25(28)31)13-6-11-22(29)26-16-19-8-3-2-4-9-19/h2-5,7-10,12,14-15H,6,11,13,16-17H2,1H3,(H,26,29). The fraction of sp³-hybridized carbons (Fsp3) is 0.240. The molecule has 0 aliphatic rings. The fourth-order valence-corrected chi connectivity index (χ4v) is 4.60. The highest BCUT2D eigenvalue weighted by molar-refractivity contribution is 7.17. The second-order valence-corrected chi connectivity index (χ2v) is 8.73. The summed E-state index contributed by atoms with van der Waals surface area (Å²) in [5.41, 5.74) is 3.18. The number of carbonyl (C=O) groups excluding carboxylic acids is 1.